The summed E-state index contributed by atoms with van der Waals surface area (Å²) in [5.74, 6) is 0.505. The number of rotatable bonds is 9. The van der Waals surface area contributed by atoms with Crippen molar-refractivity contribution in [3.8, 4) is 0 Å². The summed E-state index contributed by atoms with van der Waals surface area (Å²) in [4.78, 5) is 16.3. The van der Waals surface area contributed by atoms with Crippen molar-refractivity contribution in [1.29, 1.82) is 0 Å². The van der Waals surface area contributed by atoms with Gasteiger partial charge < -0.3 is 15.2 Å². The van der Waals surface area contributed by atoms with E-state index in [4.69, 9.17) is 0 Å². The number of nitrogens with zero attached hydrogens (tertiary/aromatic N) is 2. The number of carbonyl (C=O) groups excluding carboxylic acids is 1. The molecule has 3 rings (SSSR count). The standard InChI is InChI=1S/C21H23FN4O/c22-19-8-4-7-18(13-19)14-21(27)25-10-9-23-15-20-24-11-12-26(20)16-17-5-2-1-3-6-17/h1-8,11-13,23H,9-10,14-16H2,(H,25,27). The van der Waals surface area contributed by atoms with E-state index in [1.54, 1.807) is 18.3 Å². The zero-order chi connectivity index (χ0) is 18.9. The molecule has 1 aromatic heterocycles. The maximum absolute atomic E-state index is 13.1. The van der Waals surface area contributed by atoms with Crippen molar-refractivity contribution in [3.05, 3.63) is 89.8 Å². The van der Waals surface area contributed by atoms with E-state index in [0.29, 0.717) is 25.2 Å². The fourth-order valence-corrected chi connectivity index (χ4v) is 2.82. The monoisotopic (exact) mass is 366 g/mol. The van der Waals surface area contributed by atoms with Crippen LogP contribution in [0.15, 0.2) is 67.0 Å². The van der Waals surface area contributed by atoms with Crippen LogP contribution in [0.5, 0.6) is 0 Å². The molecule has 0 unspecified atom stereocenters. The summed E-state index contributed by atoms with van der Waals surface area (Å²) in [6, 6.07) is 16.3. The quantitative estimate of drug-likeness (QED) is 0.572. The summed E-state index contributed by atoms with van der Waals surface area (Å²) in [5.41, 5.74) is 1.89. The van der Waals surface area contributed by atoms with Crippen LogP contribution in [-0.2, 0) is 24.3 Å². The Morgan fingerprint density at radius 1 is 1.04 bits per heavy atom. The second-order valence-electron chi connectivity index (χ2n) is 6.29. The average Bonchev–Trinajstić information content (AvgIpc) is 3.09. The van der Waals surface area contributed by atoms with Gasteiger partial charge in [0.05, 0.1) is 13.0 Å². The molecule has 0 spiro atoms. The molecule has 0 fully saturated rings. The van der Waals surface area contributed by atoms with Gasteiger partial charge in [-0.3, -0.25) is 4.79 Å². The van der Waals surface area contributed by atoms with Gasteiger partial charge in [0, 0.05) is 32.0 Å². The molecule has 2 N–H and O–H groups in total. The lowest BCUT2D eigenvalue weighted by Crippen LogP contribution is -2.33. The smallest absolute Gasteiger partial charge is 0.224 e. The molecule has 0 aliphatic rings. The normalized spacial score (nSPS) is 10.7. The molecule has 0 atom stereocenters. The van der Waals surface area contributed by atoms with Gasteiger partial charge in [0.1, 0.15) is 11.6 Å². The van der Waals surface area contributed by atoms with Crippen molar-refractivity contribution in [2.75, 3.05) is 13.1 Å². The van der Waals surface area contributed by atoms with Crippen LogP contribution in [-0.4, -0.2) is 28.5 Å². The number of halogens is 1. The van der Waals surface area contributed by atoms with E-state index in [0.717, 1.165) is 12.4 Å². The van der Waals surface area contributed by atoms with Crippen molar-refractivity contribution >= 4 is 5.91 Å². The first-order valence-corrected chi connectivity index (χ1v) is 8.96. The van der Waals surface area contributed by atoms with Crippen LogP contribution in [0.4, 0.5) is 4.39 Å². The van der Waals surface area contributed by atoms with E-state index in [2.05, 4.69) is 32.3 Å². The minimum atomic E-state index is -0.326. The third-order valence-corrected chi connectivity index (χ3v) is 4.16. The van der Waals surface area contributed by atoms with Gasteiger partial charge in [0.25, 0.3) is 0 Å². The van der Waals surface area contributed by atoms with Crippen molar-refractivity contribution in [2.45, 2.75) is 19.5 Å². The van der Waals surface area contributed by atoms with Crippen molar-refractivity contribution in [3.63, 3.8) is 0 Å². The third kappa shape index (κ3) is 6.04. The maximum Gasteiger partial charge on any atom is 0.224 e. The van der Waals surface area contributed by atoms with E-state index in [9.17, 15) is 9.18 Å². The second-order valence-corrected chi connectivity index (χ2v) is 6.29. The molecule has 0 bridgehead atoms. The molecule has 0 saturated heterocycles. The van der Waals surface area contributed by atoms with E-state index in [1.807, 2.05) is 24.4 Å². The van der Waals surface area contributed by atoms with Crippen LogP contribution in [0.1, 0.15) is 17.0 Å². The Morgan fingerprint density at radius 3 is 2.67 bits per heavy atom. The molecule has 0 aliphatic heterocycles. The van der Waals surface area contributed by atoms with E-state index in [-0.39, 0.29) is 18.1 Å². The van der Waals surface area contributed by atoms with E-state index >= 15 is 0 Å². The van der Waals surface area contributed by atoms with Crippen molar-refractivity contribution in [2.24, 2.45) is 0 Å². The average molecular weight is 366 g/mol. The molecular formula is C21H23FN4O. The van der Waals surface area contributed by atoms with Crippen LogP contribution in [0.2, 0.25) is 0 Å². The molecule has 6 heteroatoms. The molecule has 140 valence electrons. The van der Waals surface area contributed by atoms with Gasteiger partial charge in [-0.15, -0.1) is 0 Å². The van der Waals surface area contributed by atoms with Gasteiger partial charge >= 0.3 is 0 Å². The van der Waals surface area contributed by atoms with Crippen LogP contribution in [0.3, 0.4) is 0 Å². The Kier molecular flexibility index (Phi) is 6.71. The van der Waals surface area contributed by atoms with E-state index in [1.165, 1.54) is 17.7 Å². The van der Waals surface area contributed by atoms with Gasteiger partial charge in [0.15, 0.2) is 0 Å². The maximum atomic E-state index is 13.1. The topological polar surface area (TPSA) is 59.0 Å². The van der Waals surface area contributed by atoms with Gasteiger partial charge in [-0.05, 0) is 23.3 Å². The van der Waals surface area contributed by atoms with Crippen LogP contribution in [0, 0.1) is 5.82 Å². The molecule has 2 aromatic carbocycles. The summed E-state index contributed by atoms with van der Waals surface area (Å²) in [7, 11) is 0. The van der Waals surface area contributed by atoms with Gasteiger partial charge in [-0.2, -0.15) is 0 Å². The first kappa shape index (κ1) is 18.8. The molecule has 1 heterocycles. The lowest BCUT2D eigenvalue weighted by molar-refractivity contribution is -0.120. The predicted octanol–water partition coefficient (Wildman–Crippen LogP) is 2.52. The summed E-state index contributed by atoms with van der Waals surface area (Å²) in [6.07, 6.45) is 3.94. The Balaban J connectivity index is 1.37. The fourth-order valence-electron chi connectivity index (χ4n) is 2.82. The largest absolute Gasteiger partial charge is 0.355 e. The Labute approximate surface area is 158 Å². The van der Waals surface area contributed by atoms with E-state index < -0.39 is 0 Å². The first-order chi connectivity index (χ1) is 13.2. The number of amides is 1. The zero-order valence-electron chi connectivity index (χ0n) is 15.1. The molecule has 0 aliphatic carbocycles. The highest BCUT2D eigenvalue weighted by atomic mass is 19.1. The highest BCUT2D eigenvalue weighted by Crippen LogP contribution is 2.06. The SMILES string of the molecule is O=C(Cc1cccc(F)c1)NCCNCc1nccn1Cc1ccccc1. The minimum Gasteiger partial charge on any atom is -0.355 e. The molecular weight excluding hydrogens is 343 g/mol. The van der Waals surface area contributed by atoms with Crippen molar-refractivity contribution < 1.29 is 9.18 Å². The molecule has 1 amide bonds. The number of hydrogen-bond acceptors (Lipinski definition) is 3. The molecule has 0 radical (unpaired) electrons. The highest BCUT2D eigenvalue weighted by Gasteiger charge is 2.05. The van der Waals surface area contributed by atoms with Gasteiger partial charge in [-0.1, -0.05) is 42.5 Å². The second kappa shape index (κ2) is 9.64. The Hall–Kier alpha value is -2.99. The van der Waals surface area contributed by atoms with Gasteiger partial charge in [-0.25, -0.2) is 9.37 Å². The number of benzene rings is 2. The lowest BCUT2D eigenvalue weighted by atomic mass is 10.1. The van der Waals surface area contributed by atoms with Crippen LogP contribution < -0.4 is 10.6 Å². The minimum absolute atomic E-state index is 0.118. The van der Waals surface area contributed by atoms with Gasteiger partial charge in [0.2, 0.25) is 5.91 Å². The highest BCUT2D eigenvalue weighted by molar-refractivity contribution is 5.78. The molecule has 5 nitrogen and oxygen atoms in total. The number of carbonyl (C=O) groups is 1. The molecule has 3 aromatic rings. The summed E-state index contributed by atoms with van der Waals surface area (Å²) in [5, 5.41) is 6.12. The number of nitrogens with one attached hydrogen (secondary N) is 2. The molecule has 27 heavy (non-hydrogen) atoms. The fraction of sp³-hybridized carbons (Fsp3) is 0.238. The number of hydrogen-bond donors (Lipinski definition) is 2. The lowest BCUT2D eigenvalue weighted by Gasteiger charge is -2.10. The summed E-state index contributed by atoms with van der Waals surface area (Å²) in [6.45, 7) is 2.54. The van der Waals surface area contributed by atoms with Crippen LogP contribution >= 0.6 is 0 Å². The summed E-state index contributed by atoms with van der Waals surface area (Å²) < 4.78 is 15.2. The molecule has 0 saturated carbocycles. The Bertz CT molecular complexity index is 863. The predicted molar refractivity (Wildman–Crippen MR) is 103 cm³/mol. The zero-order valence-corrected chi connectivity index (χ0v) is 15.1. The third-order valence-electron chi connectivity index (χ3n) is 4.16. The van der Waals surface area contributed by atoms with Crippen molar-refractivity contribution in [1.82, 2.24) is 20.2 Å². The van der Waals surface area contributed by atoms with Crippen LogP contribution in [0.25, 0.3) is 0 Å². The summed E-state index contributed by atoms with van der Waals surface area (Å²) >= 11 is 0. The first-order valence-electron chi connectivity index (χ1n) is 8.96. The number of aromatic nitrogens is 2. The Morgan fingerprint density at radius 2 is 1.85 bits per heavy atom. The number of imidazole rings is 1.